The molecule has 0 fully saturated rings. The number of guanidine groups is 1. The first-order valence-electron chi connectivity index (χ1n) is 7.30. The van der Waals surface area contributed by atoms with E-state index in [2.05, 4.69) is 21.9 Å². The molecule has 0 radical (unpaired) electrons. The summed E-state index contributed by atoms with van der Waals surface area (Å²) >= 11 is 1.86. The van der Waals surface area contributed by atoms with Gasteiger partial charge in [-0.3, -0.25) is 9.79 Å². The van der Waals surface area contributed by atoms with Gasteiger partial charge < -0.3 is 15.4 Å². The van der Waals surface area contributed by atoms with Gasteiger partial charge in [0.1, 0.15) is 0 Å². The van der Waals surface area contributed by atoms with Gasteiger partial charge in [-0.2, -0.15) is 11.8 Å². The lowest BCUT2D eigenvalue weighted by molar-refractivity contribution is -0.147. The van der Waals surface area contributed by atoms with Gasteiger partial charge in [0.05, 0.1) is 12.5 Å². The van der Waals surface area contributed by atoms with Crippen molar-refractivity contribution in [2.24, 2.45) is 4.99 Å². The van der Waals surface area contributed by atoms with E-state index in [9.17, 15) is 4.79 Å². The van der Waals surface area contributed by atoms with Crippen molar-refractivity contribution < 1.29 is 9.53 Å². The molecular formula is C14H29N3O2S. The van der Waals surface area contributed by atoms with Gasteiger partial charge in [-0.15, -0.1) is 0 Å². The van der Waals surface area contributed by atoms with E-state index in [0.717, 1.165) is 25.5 Å². The minimum Gasteiger partial charge on any atom is -0.463 e. The van der Waals surface area contributed by atoms with Gasteiger partial charge in [0.2, 0.25) is 0 Å². The first-order chi connectivity index (χ1) is 9.60. The second kappa shape index (κ2) is 13.1. The molecule has 0 unspecified atom stereocenters. The lowest BCUT2D eigenvalue weighted by Gasteiger charge is -2.12. The molecule has 0 bridgehead atoms. The predicted octanol–water partition coefficient (Wildman–Crippen LogP) is 2.03. The Kier molecular flexibility index (Phi) is 12.5. The van der Waals surface area contributed by atoms with Crippen molar-refractivity contribution in [2.75, 3.05) is 31.6 Å². The zero-order valence-electron chi connectivity index (χ0n) is 13.2. The maximum Gasteiger partial charge on any atom is 0.307 e. The van der Waals surface area contributed by atoms with Crippen molar-refractivity contribution >= 4 is 23.7 Å². The van der Waals surface area contributed by atoms with Crippen molar-refractivity contribution in [1.82, 2.24) is 10.6 Å². The smallest absolute Gasteiger partial charge is 0.307 e. The van der Waals surface area contributed by atoms with Gasteiger partial charge in [0.15, 0.2) is 5.96 Å². The highest BCUT2D eigenvalue weighted by atomic mass is 32.2. The van der Waals surface area contributed by atoms with E-state index in [0.29, 0.717) is 13.0 Å². The lowest BCUT2D eigenvalue weighted by Crippen LogP contribution is -2.38. The van der Waals surface area contributed by atoms with Gasteiger partial charge >= 0.3 is 5.97 Å². The Morgan fingerprint density at radius 2 is 2.05 bits per heavy atom. The average Bonchev–Trinajstić information content (AvgIpc) is 2.37. The molecule has 0 aliphatic rings. The molecule has 6 heteroatoms. The molecule has 0 aromatic carbocycles. The number of aliphatic imine (C=N–C) groups is 1. The number of carbonyl (C=O) groups excluding carboxylic acids is 1. The summed E-state index contributed by atoms with van der Waals surface area (Å²) < 4.78 is 5.08. The fraction of sp³-hybridized carbons (Fsp3) is 0.857. The topological polar surface area (TPSA) is 62.7 Å². The summed E-state index contributed by atoms with van der Waals surface area (Å²) in [4.78, 5) is 15.9. The van der Waals surface area contributed by atoms with E-state index >= 15 is 0 Å². The standard InChI is InChI=1S/C14H29N3O2S/c1-5-15-14(16-9-6-7-11-20-4)17-10-8-13(18)19-12(2)3/h12H,5-11H2,1-4H3,(H2,15,16,17). The highest BCUT2D eigenvalue weighted by Crippen LogP contribution is 1.99. The summed E-state index contributed by atoms with van der Waals surface area (Å²) in [5.41, 5.74) is 0. The minimum absolute atomic E-state index is 0.0548. The van der Waals surface area contributed by atoms with Gasteiger partial charge in [0.25, 0.3) is 0 Å². The molecule has 0 spiro atoms. The van der Waals surface area contributed by atoms with Crippen LogP contribution in [0.1, 0.15) is 40.0 Å². The highest BCUT2D eigenvalue weighted by Gasteiger charge is 2.05. The van der Waals surface area contributed by atoms with Crippen molar-refractivity contribution in [1.29, 1.82) is 0 Å². The number of hydrogen-bond acceptors (Lipinski definition) is 4. The molecule has 5 nitrogen and oxygen atoms in total. The second-order valence-corrected chi connectivity index (χ2v) is 5.66. The van der Waals surface area contributed by atoms with Crippen LogP contribution in [0.4, 0.5) is 0 Å². The molecule has 0 aliphatic carbocycles. The zero-order valence-corrected chi connectivity index (χ0v) is 14.0. The number of carbonyl (C=O) groups is 1. The number of nitrogens with one attached hydrogen (secondary N) is 2. The van der Waals surface area contributed by atoms with E-state index in [1.807, 2.05) is 32.5 Å². The molecule has 0 saturated heterocycles. The fourth-order valence-corrected chi connectivity index (χ4v) is 1.99. The lowest BCUT2D eigenvalue weighted by atomic mass is 10.3. The first kappa shape index (κ1) is 19.1. The van der Waals surface area contributed by atoms with Gasteiger partial charge in [0, 0.05) is 19.6 Å². The third kappa shape index (κ3) is 12.1. The minimum atomic E-state index is -0.177. The van der Waals surface area contributed by atoms with Crippen LogP contribution in [0.5, 0.6) is 0 Å². The molecule has 118 valence electrons. The monoisotopic (exact) mass is 303 g/mol. The van der Waals surface area contributed by atoms with Crippen molar-refractivity contribution in [3.63, 3.8) is 0 Å². The van der Waals surface area contributed by atoms with Crippen molar-refractivity contribution in [3.8, 4) is 0 Å². The van der Waals surface area contributed by atoms with Crippen molar-refractivity contribution in [2.45, 2.75) is 46.1 Å². The Morgan fingerprint density at radius 3 is 2.65 bits per heavy atom. The Hall–Kier alpha value is -0.910. The first-order valence-corrected chi connectivity index (χ1v) is 8.70. The number of nitrogens with zero attached hydrogens (tertiary/aromatic N) is 1. The molecule has 0 atom stereocenters. The SMILES string of the molecule is CCNC(=NCCCCSC)NCCC(=O)OC(C)C. The summed E-state index contributed by atoms with van der Waals surface area (Å²) in [6.45, 7) is 7.90. The van der Waals surface area contributed by atoms with Crippen LogP contribution in [0.15, 0.2) is 4.99 Å². The summed E-state index contributed by atoms with van der Waals surface area (Å²) in [6.07, 6.45) is 4.69. The largest absolute Gasteiger partial charge is 0.463 e. The molecule has 0 aromatic heterocycles. The number of unbranched alkanes of at least 4 members (excludes halogenated alkanes) is 1. The molecule has 0 aromatic rings. The van der Waals surface area contributed by atoms with E-state index in [4.69, 9.17) is 4.74 Å². The number of rotatable bonds is 10. The fourth-order valence-electron chi connectivity index (χ4n) is 1.50. The average molecular weight is 303 g/mol. The number of thioether (sulfide) groups is 1. The van der Waals surface area contributed by atoms with Crippen LogP contribution in [0.2, 0.25) is 0 Å². The molecule has 20 heavy (non-hydrogen) atoms. The van der Waals surface area contributed by atoms with E-state index < -0.39 is 0 Å². The molecule has 0 heterocycles. The Balaban J connectivity index is 3.89. The normalized spacial score (nSPS) is 11.6. The summed E-state index contributed by atoms with van der Waals surface area (Å²) in [6, 6.07) is 0. The predicted molar refractivity (Wildman–Crippen MR) is 87.4 cm³/mol. The Bertz CT molecular complexity index is 284. The summed E-state index contributed by atoms with van der Waals surface area (Å²) in [7, 11) is 0. The number of esters is 1. The molecule has 0 rings (SSSR count). The molecule has 0 amide bonds. The van der Waals surface area contributed by atoms with Crippen LogP contribution in [0, 0.1) is 0 Å². The third-order valence-electron chi connectivity index (χ3n) is 2.36. The van der Waals surface area contributed by atoms with Crippen molar-refractivity contribution in [3.05, 3.63) is 0 Å². The van der Waals surface area contributed by atoms with Gasteiger partial charge in [-0.1, -0.05) is 0 Å². The molecule has 0 saturated carbocycles. The second-order valence-electron chi connectivity index (χ2n) is 4.68. The molecule has 2 N–H and O–H groups in total. The van der Waals surface area contributed by atoms with Crippen LogP contribution in [0.25, 0.3) is 0 Å². The highest BCUT2D eigenvalue weighted by molar-refractivity contribution is 7.98. The van der Waals surface area contributed by atoms with E-state index in [1.54, 1.807) is 0 Å². The van der Waals surface area contributed by atoms with E-state index in [1.165, 1.54) is 12.2 Å². The van der Waals surface area contributed by atoms with Crippen LogP contribution in [-0.2, 0) is 9.53 Å². The van der Waals surface area contributed by atoms with Gasteiger partial charge in [-0.25, -0.2) is 0 Å². The number of ether oxygens (including phenoxy) is 1. The number of hydrogen-bond donors (Lipinski definition) is 2. The Morgan fingerprint density at radius 1 is 1.30 bits per heavy atom. The van der Waals surface area contributed by atoms with Crippen LogP contribution >= 0.6 is 11.8 Å². The quantitative estimate of drug-likeness (QED) is 0.280. The van der Waals surface area contributed by atoms with Crippen LogP contribution < -0.4 is 10.6 Å². The summed E-state index contributed by atoms with van der Waals surface area (Å²) in [5, 5.41) is 6.32. The van der Waals surface area contributed by atoms with Crippen LogP contribution in [-0.4, -0.2) is 49.7 Å². The van der Waals surface area contributed by atoms with Crippen LogP contribution in [0.3, 0.4) is 0 Å². The van der Waals surface area contributed by atoms with E-state index in [-0.39, 0.29) is 12.1 Å². The molecule has 0 aliphatic heterocycles. The maximum atomic E-state index is 11.4. The third-order valence-corrected chi connectivity index (χ3v) is 3.06. The molecular weight excluding hydrogens is 274 g/mol. The zero-order chi connectivity index (χ0) is 15.2. The Labute approximate surface area is 127 Å². The maximum absolute atomic E-state index is 11.4. The van der Waals surface area contributed by atoms with Gasteiger partial charge in [-0.05, 0) is 45.6 Å². The summed E-state index contributed by atoms with van der Waals surface area (Å²) in [5.74, 6) is 1.78.